The molecule has 0 amide bonds. The van der Waals surface area contributed by atoms with Crippen molar-refractivity contribution in [3.05, 3.63) is 77.2 Å². The van der Waals surface area contributed by atoms with E-state index in [1.165, 1.54) is 11.1 Å². The first-order valence-electron chi connectivity index (χ1n) is 7.01. The van der Waals surface area contributed by atoms with Crippen molar-refractivity contribution >= 4 is 22.9 Å². The minimum absolute atomic E-state index is 0.393. The van der Waals surface area contributed by atoms with Gasteiger partial charge in [0, 0.05) is 23.7 Å². The largest absolute Gasteiger partial charge is 0.358 e. The number of benzene rings is 1. The maximum absolute atomic E-state index is 6.33. The summed E-state index contributed by atoms with van der Waals surface area (Å²) in [7, 11) is 0. The van der Waals surface area contributed by atoms with Gasteiger partial charge in [-0.25, -0.2) is 0 Å². The van der Waals surface area contributed by atoms with Crippen molar-refractivity contribution in [3.63, 3.8) is 0 Å². The van der Waals surface area contributed by atoms with E-state index in [-0.39, 0.29) is 0 Å². The Morgan fingerprint density at radius 3 is 2.71 bits per heavy atom. The molecule has 1 N–H and O–H groups in total. The van der Waals surface area contributed by atoms with E-state index < -0.39 is 0 Å². The van der Waals surface area contributed by atoms with Crippen molar-refractivity contribution in [2.75, 3.05) is 0 Å². The molecule has 1 aliphatic rings. The molecule has 3 heteroatoms. The van der Waals surface area contributed by atoms with Gasteiger partial charge in [-0.15, -0.1) is 0 Å². The van der Waals surface area contributed by atoms with Crippen molar-refractivity contribution in [1.29, 1.82) is 0 Å². The van der Waals surface area contributed by atoms with Crippen LogP contribution in [0.25, 0.3) is 11.3 Å². The molecule has 1 aliphatic heterocycles. The highest BCUT2D eigenvalue weighted by molar-refractivity contribution is 6.32. The van der Waals surface area contributed by atoms with E-state index in [9.17, 15) is 0 Å². The number of pyridine rings is 1. The monoisotopic (exact) mass is 296 g/mol. The minimum atomic E-state index is 0.393. The van der Waals surface area contributed by atoms with Crippen LogP contribution in [0.15, 0.2) is 61.1 Å². The molecule has 106 valence electrons. The number of rotatable bonds is 2. The zero-order chi connectivity index (χ0) is 14.8. The van der Waals surface area contributed by atoms with Gasteiger partial charge in [0.25, 0.3) is 0 Å². The van der Waals surface area contributed by atoms with E-state index in [0.717, 1.165) is 23.4 Å². The molecule has 0 fully saturated rings. The minimum Gasteiger partial charge on any atom is -0.358 e. The zero-order valence-corrected chi connectivity index (χ0v) is 12.7. The molecule has 0 aliphatic carbocycles. The first-order chi connectivity index (χ1) is 10.2. The van der Waals surface area contributed by atoms with E-state index in [0.29, 0.717) is 10.9 Å². The second-order valence-electron chi connectivity index (χ2n) is 5.33. The third-order valence-corrected chi connectivity index (χ3v) is 4.16. The Morgan fingerprint density at radius 1 is 1.24 bits per heavy atom. The van der Waals surface area contributed by atoms with E-state index in [2.05, 4.69) is 48.1 Å². The first-order valence-corrected chi connectivity index (χ1v) is 7.39. The normalized spacial score (nSPS) is 18.6. The maximum Gasteiger partial charge on any atom is 0.0682 e. The Bertz CT molecular complexity index is 704. The number of allylic oxidation sites excluding steroid dienone is 2. The number of hydrogen-bond donors (Lipinski definition) is 1. The number of aromatic nitrogens is 1. The molecule has 0 saturated carbocycles. The lowest BCUT2D eigenvalue weighted by Gasteiger charge is -2.29. The highest BCUT2D eigenvalue weighted by atomic mass is 35.5. The van der Waals surface area contributed by atoms with Gasteiger partial charge in [0.15, 0.2) is 0 Å². The summed E-state index contributed by atoms with van der Waals surface area (Å²) >= 11 is 6.33. The van der Waals surface area contributed by atoms with Gasteiger partial charge in [0.1, 0.15) is 0 Å². The fourth-order valence-electron chi connectivity index (χ4n) is 2.60. The molecular weight excluding hydrogens is 280 g/mol. The molecule has 2 nitrogen and oxygen atoms in total. The van der Waals surface area contributed by atoms with Gasteiger partial charge in [-0.3, -0.25) is 4.98 Å². The van der Waals surface area contributed by atoms with E-state index in [1.807, 2.05) is 12.1 Å². The van der Waals surface area contributed by atoms with Crippen LogP contribution in [0.4, 0.5) is 0 Å². The number of hydrogen-bond acceptors (Lipinski definition) is 2. The van der Waals surface area contributed by atoms with Crippen LogP contribution in [0, 0.1) is 5.92 Å². The van der Waals surface area contributed by atoms with Crippen LogP contribution >= 0.6 is 11.6 Å². The quantitative estimate of drug-likeness (QED) is 0.865. The van der Waals surface area contributed by atoms with Crippen LogP contribution in [0.2, 0.25) is 5.02 Å². The SMILES string of the molecule is C=C1NC(c2ccncc2Cl)=C(c2ccccc2)CC1C. The predicted molar refractivity (Wildman–Crippen MR) is 88.6 cm³/mol. The Kier molecular flexibility index (Phi) is 3.80. The molecule has 1 unspecified atom stereocenters. The van der Waals surface area contributed by atoms with Crippen molar-refractivity contribution in [2.24, 2.45) is 5.92 Å². The second kappa shape index (κ2) is 5.74. The molecule has 0 spiro atoms. The number of nitrogens with zero attached hydrogens (tertiary/aromatic N) is 1. The summed E-state index contributed by atoms with van der Waals surface area (Å²) in [6.45, 7) is 6.31. The van der Waals surface area contributed by atoms with Crippen molar-refractivity contribution in [1.82, 2.24) is 10.3 Å². The third kappa shape index (κ3) is 2.72. The molecule has 2 heterocycles. The summed E-state index contributed by atoms with van der Waals surface area (Å²) in [5, 5.41) is 4.09. The molecule has 0 bridgehead atoms. The Labute approximate surface area is 130 Å². The molecular formula is C18H17ClN2. The Hall–Kier alpha value is -2.06. The highest BCUT2D eigenvalue weighted by Gasteiger charge is 2.23. The summed E-state index contributed by atoms with van der Waals surface area (Å²) < 4.78 is 0. The summed E-state index contributed by atoms with van der Waals surface area (Å²) in [6.07, 6.45) is 4.39. The first kappa shape index (κ1) is 13.9. The van der Waals surface area contributed by atoms with Gasteiger partial charge in [-0.1, -0.05) is 55.4 Å². The van der Waals surface area contributed by atoms with Crippen LogP contribution in [-0.4, -0.2) is 4.98 Å². The van der Waals surface area contributed by atoms with E-state index in [1.54, 1.807) is 12.4 Å². The van der Waals surface area contributed by atoms with Crippen LogP contribution in [0.1, 0.15) is 24.5 Å². The predicted octanol–water partition coefficient (Wildman–Crippen LogP) is 4.75. The standard InChI is InChI=1S/C18H17ClN2/c1-12-10-16(14-6-4-3-5-7-14)18(21-13(12)2)15-8-9-20-11-17(15)19/h3-9,11-12,21H,2,10H2,1H3. The average molecular weight is 297 g/mol. The number of nitrogens with one attached hydrogen (secondary N) is 1. The van der Waals surface area contributed by atoms with Crippen molar-refractivity contribution in [2.45, 2.75) is 13.3 Å². The van der Waals surface area contributed by atoms with Gasteiger partial charge in [-0.2, -0.15) is 0 Å². The van der Waals surface area contributed by atoms with Crippen LogP contribution in [0.3, 0.4) is 0 Å². The van der Waals surface area contributed by atoms with Gasteiger partial charge in [-0.05, 0) is 29.5 Å². The maximum atomic E-state index is 6.33. The topological polar surface area (TPSA) is 24.9 Å². The fourth-order valence-corrected chi connectivity index (χ4v) is 2.81. The van der Waals surface area contributed by atoms with Gasteiger partial charge >= 0.3 is 0 Å². The zero-order valence-electron chi connectivity index (χ0n) is 11.9. The van der Waals surface area contributed by atoms with Crippen LogP contribution in [0.5, 0.6) is 0 Å². The summed E-state index contributed by atoms with van der Waals surface area (Å²) in [6, 6.07) is 12.4. The molecule has 1 aromatic carbocycles. The van der Waals surface area contributed by atoms with Crippen molar-refractivity contribution in [3.8, 4) is 0 Å². The molecule has 1 atom stereocenters. The Balaban J connectivity index is 2.19. The fraction of sp³-hybridized carbons (Fsp3) is 0.167. The molecule has 21 heavy (non-hydrogen) atoms. The molecule has 2 aromatic rings. The third-order valence-electron chi connectivity index (χ3n) is 3.86. The number of halogens is 1. The van der Waals surface area contributed by atoms with E-state index >= 15 is 0 Å². The van der Waals surface area contributed by atoms with Gasteiger partial charge < -0.3 is 5.32 Å². The smallest absolute Gasteiger partial charge is 0.0682 e. The molecule has 1 aromatic heterocycles. The molecule has 0 radical (unpaired) electrons. The second-order valence-corrected chi connectivity index (χ2v) is 5.74. The van der Waals surface area contributed by atoms with Crippen LogP contribution in [-0.2, 0) is 0 Å². The summed E-state index contributed by atoms with van der Waals surface area (Å²) in [5.74, 6) is 0.393. The average Bonchev–Trinajstić information content (AvgIpc) is 2.51. The Morgan fingerprint density at radius 2 is 2.00 bits per heavy atom. The lowest BCUT2D eigenvalue weighted by Crippen LogP contribution is -2.24. The highest BCUT2D eigenvalue weighted by Crippen LogP contribution is 2.38. The lowest BCUT2D eigenvalue weighted by atomic mass is 9.87. The molecule has 3 rings (SSSR count). The lowest BCUT2D eigenvalue weighted by molar-refractivity contribution is 0.652. The summed E-state index contributed by atoms with van der Waals surface area (Å²) in [5.41, 5.74) is 5.52. The van der Waals surface area contributed by atoms with Gasteiger partial charge in [0.2, 0.25) is 0 Å². The van der Waals surface area contributed by atoms with E-state index in [4.69, 9.17) is 11.6 Å². The van der Waals surface area contributed by atoms with Crippen molar-refractivity contribution < 1.29 is 0 Å². The molecule has 0 saturated heterocycles. The van der Waals surface area contributed by atoms with Gasteiger partial charge in [0.05, 0.1) is 10.7 Å². The van der Waals surface area contributed by atoms with Crippen LogP contribution < -0.4 is 5.32 Å². The summed E-state index contributed by atoms with van der Waals surface area (Å²) in [4.78, 5) is 4.07.